The number of amides is 2. The molecule has 0 saturated carbocycles. The van der Waals surface area contributed by atoms with Gasteiger partial charge in [0.1, 0.15) is 18.0 Å². The van der Waals surface area contributed by atoms with Crippen LogP contribution in [0.5, 0.6) is 5.75 Å². The Bertz CT molecular complexity index is 1410. The summed E-state index contributed by atoms with van der Waals surface area (Å²) in [6.07, 6.45) is 1.67. The fourth-order valence-corrected chi connectivity index (χ4v) is 3.32. The van der Waals surface area contributed by atoms with E-state index in [-0.39, 0.29) is 12.2 Å². The van der Waals surface area contributed by atoms with Crippen LogP contribution >= 0.6 is 0 Å². The summed E-state index contributed by atoms with van der Waals surface area (Å²) >= 11 is 0. The summed E-state index contributed by atoms with van der Waals surface area (Å²) < 4.78 is 12.0. The van der Waals surface area contributed by atoms with E-state index < -0.39 is 12.0 Å². The number of ether oxygens (including phenoxy) is 2. The van der Waals surface area contributed by atoms with Crippen LogP contribution in [0.25, 0.3) is 5.65 Å². The van der Waals surface area contributed by atoms with Crippen LogP contribution < -0.4 is 20.9 Å². The van der Waals surface area contributed by atoms with Gasteiger partial charge in [-0.15, -0.1) is 0 Å². The van der Waals surface area contributed by atoms with Crippen molar-refractivity contribution in [3.05, 3.63) is 100 Å². The molecule has 2 amide bonds. The Hall–Kier alpha value is -4.66. The number of anilines is 2. The Morgan fingerprint density at radius 1 is 1.00 bits per heavy atom. The number of rotatable bonds is 6. The van der Waals surface area contributed by atoms with E-state index in [1.54, 1.807) is 60.8 Å². The molecule has 0 fully saturated rings. The number of pyridine rings is 1. The molecule has 2 aromatic carbocycles. The molecule has 0 aliphatic rings. The second-order valence-electron chi connectivity index (χ2n) is 7.40. The second-order valence-corrected chi connectivity index (χ2v) is 7.40. The van der Waals surface area contributed by atoms with Gasteiger partial charge in [-0.25, -0.2) is 14.6 Å². The molecular formula is C25H22N4O5. The van der Waals surface area contributed by atoms with E-state index in [2.05, 4.69) is 20.4 Å². The molecule has 9 nitrogen and oxygen atoms in total. The Labute approximate surface area is 195 Å². The molecular weight excluding hydrogens is 436 g/mol. The number of nitrogens with one attached hydrogen (secondary N) is 2. The molecule has 0 aliphatic carbocycles. The number of methoxy groups -OCH3 is 1. The number of carbonyl (C=O) groups is 2. The highest BCUT2D eigenvalue weighted by Crippen LogP contribution is 2.25. The van der Waals surface area contributed by atoms with Crippen molar-refractivity contribution in [2.24, 2.45) is 0 Å². The third-order valence-electron chi connectivity index (χ3n) is 5.01. The minimum Gasteiger partial charge on any atom is -0.485 e. The average Bonchev–Trinajstić information content (AvgIpc) is 2.84. The van der Waals surface area contributed by atoms with Crippen molar-refractivity contribution in [1.82, 2.24) is 9.38 Å². The van der Waals surface area contributed by atoms with Gasteiger partial charge in [0.2, 0.25) is 0 Å². The Morgan fingerprint density at radius 3 is 2.53 bits per heavy atom. The number of para-hydroxylation sites is 2. The maximum absolute atomic E-state index is 12.5. The molecule has 4 rings (SSSR count). The Kier molecular flexibility index (Phi) is 6.54. The van der Waals surface area contributed by atoms with E-state index in [1.165, 1.54) is 17.6 Å². The third-order valence-corrected chi connectivity index (χ3v) is 5.01. The van der Waals surface area contributed by atoms with Gasteiger partial charge >= 0.3 is 12.0 Å². The number of nitrogens with zero attached hydrogens (tertiary/aromatic N) is 2. The molecule has 2 heterocycles. The van der Waals surface area contributed by atoms with E-state index in [0.717, 1.165) is 5.56 Å². The number of aryl methyl sites for hydroxylation is 1. The molecule has 0 atom stereocenters. The van der Waals surface area contributed by atoms with Gasteiger partial charge in [0, 0.05) is 18.0 Å². The van der Waals surface area contributed by atoms with E-state index in [4.69, 9.17) is 4.74 Å². The summed E-state index contributed by atoms with van der Waals surface area (Å²) in [6, 6.07) is 17.9. The molecule has 34 heavy (non-hydrogen) atoms. The molecule has 9 heteroatoms. The molecule has 0 aliphatic heterocycles. The molecule has 0 spiro atoms. The van der Waals surface area contributed by atoms with Gasteiger partial charge in [-0.05, 0) is 55.0 Å². The maximum Gasteiger partial charge on any atom is 0.337 e. The summed E-state index contributed by atoms with van der Waals surface area (Å²) in [4.78, 5) is 40.9. The average molecular weight is 458 g/mol. The minimum absolute atomic E-state index is 0.0510. The second kappa shape index (κ2) is 9.86. The van der Waals surface area contributed by atoms with E-state index >= 15 is 0 Å². The number of benzene rings is 2. The lowest BCUT2D eigenvalue weighted by Gasteiger charge is -2.13. The molecule has 4 aromatic rings. The van der Waals surface area contributed by atoms with Crippen LogP contribution in [0.2, 0.25) is 0 Å². The number of carbonyl (C=O) groups excluding carboxylic acids is 2. The van der Waals surface area contributed by atoms with Crippen LogP contribution in [0.15, 0.2) is 77.7 Å². The number of hydrogen-bond donors (Lipinski definition) is 2. The lowest BCUT2D eigenvalue weighted by molar-refractivity contribution is 0.0600. The van der Waals surface area contributed by atoms with Gasteiger partial charge in [-0.2, -0.15) is 0 Å². The van der Waals surface area contributed by atoms with E-state index in [9.17, 15) is 14.4 Å². The van der Waals surface area contributed by atoms with Gasteiger partial charge in [0.05, 0.1) is 24.1 Å². The molecule has 0 radical (unpaired) electrons. The Balaban J connectivity index is 1.44. The van der Waals surface area contributed by atoms with Crippen LogP contribution in [-0.2, 0) is 11.3 Å². The number of esters is 1. The Morgan fingerprint density at radius 2 is 1.76 bits per heavy atom. The largest absolute Gasteiger partial charge is 0.485 e. The fourth-order valence-electron chi connectivity index (χ4n) is 3.32. The van der Waals surface area contributed by atoms with Gasteiger partial charge in [-0.1, -0.05) is 18.2 Å². The van der Waals surface area contributed by atoms with E-state index in [1.807, 2.05) is 13.0 Å². The predicted molar refractivity (Wildman–Crippen MR) is 127 cm³/mol. The van der Waals surface area contributed by atoms with Gasteiger partial charge < -0.3 is 20.1 Å². The zero-order valence-electron chi connectivity index (χ0n) is 18.6. The van der Waals surface area contributed by atoms with Crippen LogP contribution in [-0.4, -0.2) is 28.5 Å². The molecule has 2 N–H and O–H groups in total. The number of hydrogen-bond acceptors (Lipinski definition) is 6. The summed E-state index contributed by atoms with van der Waals surface area (Å²) in [5.74, 6) is -0.0358. The standard InChI is InChI=1S/C25H22N4O5/c1-16-6-5-13-29-22(30)14-19(26-23(16)29)15-34-21-8-4-3-7-20(21)28-25(32)27-18-11-9-17(10-12-18)24(31)33-2/h3-14H,15H2,1-2H3,(H2,27,28,32). The smallest absolute Gasteiger partial charge is 0.337 e. The SMILES string of the molecule is COC(=O)c1ccc(NC(=O)Nc2ccccc2OCc2cc(=O)n3cccc(C)c3n2)cc1. The number of urea groups is 1. The minimum atomic E-state index is -0.487. The van der Waals surface area contributed by atoms with Crippen molar-refractivity contribution in [3.63, 3.8) is 0 Å². The van der Waals surface area contributed by atoms with Crippen molar-refractivity contribution in [2.75, 3.05) is 17.7 Å². The van der Waals surface area contributed by atoms with Crippen LogP contribution in [0.1, 0.15) is 21.6 Å². The molecule has 2 aromatic heterocycles. The topological polar surface area (TPSA) is 111 Å². The van der Waals surface area contributed by atoms with Crippen molar-refractivity contribution in [3.8, 4) is 5.75 Å². The monoisotopic (exact) mass is 458 g/mol. The number of aromatic nitrogens is 2. The summed E-state index contributed by atoms with van der Waals surface area (Å²) in [6.45, 7) is 1.93. The fraction of sp³-hybridized carbons (Fsp3) is 0.120. The first kappa shape index (κ1) is 22.5. The first-order valence-electron chi connectivity index (χ1n) is 10.4. The normalized spacial score (nSPS) is 10.5. The van der Waals surface area contributed by atoms with Crippen LogP contribution in [0.3, 0.4) is 0 Å². The van der Waals surface area contributed by atoms with Crippen LogP contribution in [0.4, 0.5) is 16.2 Å². The molecule has 0 bridgehead atoms. The lowest BCUT2D eigenvalue weighted by Crippen LogP contribution is -2.20. The summed E-state index contributed by atoms with van der Waals surface area (Å²) in [7, 11) is 1.30. The zero-order chi connectivity index (χ0) is 24.1. The maximum atomic E-state index is 12.5. The molecule has 0 unspecified atom stereocenters. The zero-order valence-corrected chi connectivity index (χ0v) is 18.6. The highest BCUT2D eigenvalue weighted by Gasteiger charge is 2.11. The quantitative estimate of drug-likeness (QED) is 0.422. The van der Waals surface area contributed by atoms with E-state index in [0.29, 0.717) is 34.0 Å². The first-order valence-corrected chi connectivity index (χ1v) is 10.4. The first-order chi connectivity index (χ1) is 16.4. The molecule has 0 saturated heterocycles. The van der Waals surface area contributed by atoms with Gasteiger partial charge in [0.25, 0.3) is 5.56 Å². The van der Waals surface area contributed by atoms with Gasteiger partial charge in [0.15, 0.2) is 0 Å². The summed E-state index contributed by atoms with van der Waals surface area (Å²) in [5.41, 5.74) is 3.04. The number of fused-ring (bicyclic) bond motifs is 1. The van der Waals surface area contributed by atoms with Crippen molar-refractivity contribution in [1.29, 1.82) is 0 Å². The van der Waals surface area contributed by atoms with Crippen molar-refractivity contribution >= 4 is 29.0 Å². The third kappa shape index (κ3) is 5.04. The highest BCUT2D eigenvalue weighted by atomic mass is 16.5. The predicted octanol–water partition coefficient (Wildman–Crippen LogP) is 4.01. The van der Waals surface area contributed by atoms with Crippen LogP contribution in [0, 0.1) is 6.92 Å². The lowest BCUT2D eigenvalue weighted by atomic mass is 10.2. The highest BCUT2D eigenvalue weighted by molar-refractivity contribution is 6.01. The van der Waals surface area contributed by atoms with Gasteiger partial charge in [-0.3, -0.25) is 9.20 Å². The molecule has 172 valence electrons. The summed E-state index contributed by atoms with van der Waals surface area (Å²) in [5, 5.41) is 5.44. The van der Waals surface area contributed by atoms with Crippen molar-refractivity contribution in [2.45, 2.75) is 13.5 Å². The van der Waals surface area contributed by atoms with Crippen molar-refractivity contribution < 1.29 is 19.1 Å².